The molecule has 0 aliphatic heterocycles. The molecule has 0 aromatic carbocycles. The van der Waals surface area contributed by atoms with E-state index in [9.17, 15) is 13.2 Å². The normalized spacial score (nSPS) is 13.1. The van der Waals surface area contributed by atoms with Crippen LogP contribution in [0, 0.1) is 0 Å². The molecule has 15 heavy (non-hydrogen) atoms. The van der Waals surface area contributed by atoms with Crippen LogP contribution >= 0.6 is 0 Å². The van der Waals surface area contributed by atoms with Gasteiger partial charge in [0.05, 0.1) is 0 Å². The van der Waals surface area contributed by atoms with Crippen LogP contribution in [0.5, 0.6) is 0 Å². The van der Waals surface area contributed by atoms with E-state index in [-0.39, 0.29) is 0 Å². The number of aliphatic carboxylic acids is 1. The fourth-order valence-electron chi connectivity index (χ4n) is 1.00. The van der Waals surface area contributed by atoms with Gasteiger partial charge in [0.1, 0.15) is 0 Å². The van der Waals surface area contributed by atoms with Crippen LogP contribution in [0.1, 0.15) is 33.6 Å². The van der Waals surface area contributed by atoms with Gasteiger partial charge in [-0.25, -0.2) is 12.7 Å². The van der Waals surface area contributed by atoms with E-state index in [4.69, 9.17) is 5.11 Å². The lowest BCUT2D eigenvalue weighted by atomic mass is 10.2. The monoisotopic (exact) mass is 237 g/mol. The first-order chi connectivity index (χ1) is 6.67. The van der Waals surface area contributed by atoms with Gasteiger partial charge in [-0.05, 0) is 20.3 Å². The number of hydrogen-bond acceptors (Lipinski definition) is 3. The highest BCUT2D eigenvalue weighted by molar-refractivity contribution is 7.91. The molecule has 0 aromatic heterocycles. The fourth-order valence-corrected chi connectivity index (χ4v) is 2.37. The minimum atomic E-state index is -3.78. The number of carboxylic acids is 1. The number of carboxylic acid groups (broad SMARTS) is 1. The second-order valence-corrected chi connectivity index (χ2v) is 6.59. The molecule has 90 valence electrons. The van der Waals surface area contributed by atoms with Gasteiger partial charge in [0, 0.05) is 13.6 Å². The van der Waals surface area contributed by atoms with Crippen LogP contribution < -0.4 is 0 Å². The standard InChI is InChI=1S/C9H19NO4S/c1-5-6-7-10(4)15(13,14)9(2,3)8(11)12/h5-7H2,1-4H3,(H,11,12). The topological polar surface area (TPSA) is 74.7 Å². The molecular weight excluding hydrogens is 218 g/mol. The van der Waals surface area contributed by atoms with Crippen molar-refractivity contribution in [2.45, 2.75) is 38.4 Å². The Labute approximate surface area is 91.1 Å². The van der Waals surface area contributed by atoms with E-state index < -0.39 is 20.7 Å². The lowest BCUT2D eigenvalue weighted by Crippen LogP contribution is -2.48. The van der Waals surface area contributed by atoms with Crippen molar-refractivity contribution in [3.63, 3.8) is 0 Å². The Morgan fingerprint density at radius 3 is 2.20 bits per heavy atom. The molecule has 0 aliphatic rings. The SMILES string of the molecule is CCCCN(C)S(=O)(=O)C(C)(C)C(=O)O. The summed E-state index contributed by atoms with van der Waals surface area (Å²) in [5.74, 6) is -1.33. The molecule has 5 nitrogen and oxygen atoms in total. The molecule has 0 bridgehead atoms. The molecule has 0 saturated heterocycles. The number of carbonyl (C=O) groups is 1. The molecule has 0 heterocycles. The molecule has 1 N–H and O–H groups in total. The summed E-state index contributed by atoms with van der Waals surface area (Å²) >= 11 is 0. The Morgan fingerprint density at radius 1 is 1.40 bits per heavy atom. The number of sulfonamides is 1. The smallest absolute Gasteiger partial charge is 0.325 e. The Balaban J connectivity index is 4.90. The molecule has 0 saturated carbocycles. The maximum Gasteiger partial charge on any atom is 0.325 e. The van der Waals surface area contributed by atoms with E-state index in [1.54, 1.807) is 0 Å². The van der Waals surface area contributed by atoms with Crippen molar-refractivity contribution in [3.05, 3.63) is 0 Å². The molecular formula is C9H19NO4S. The number of nitrogens with zero attached hydrogens (tertiary/aromatic N) is 1. The summed E-state index contributed by atoms with van der Waals surface area (Å²) in [5.41, 5.74) is 0. The maximum atomic E-state index is 11.8. The number of unbranched alkanes of at least 4 members (excludes halogenated alkanes) is 1. The Hall–Kier alpha value is -0.620. The highest BCUT2D eigenvalue weighted by atomic mass is 32.2. The van der Waals surface area contributed by atoms with Gasteiger partial charge in [-0.15, -0.1) is 0 Å². The van der Waals surface area contributed by atoms with E-state index in [0.29, 0.717) is 6.54 Å². The van der Waals surface area contributed by atoms with Gasteiger partial charge in [0.15, 0.2) is 4.75 Å². The van der Waals surface area contributed by atoms with Crippen LogP contribution in [0.3, 0.4) is 0 Å². The average Bonchev–Trinajstić information content (AvgIpc) is 2.13. The van der Waals surface area contributed by atoms with E-state index in [0.717, 1.165) is 17.1 Å². The van der Waals surface area contributed by atoms with Crippen molar-refractivity contribution in [2.75, 3.05) is 13.6 Å². The molecule has 0 aromatic rings. The minimum absolute atomic E-state index is 0.357. The van der Waals surface area contributed by atoms with Gasteiger partial charge >= 0.3 is 5.97 Å². The first-order valence-electron chi connectivity index (χ1n) is 4.87. The Kier molecular flexibility index (Phi) is 4.73. The quantitative estimate of drug-likeness (QED) is 0.745. The Morgan fingerprint density at radius 2 is 1.87 bits per heavy atom. The van der Waals surface area contributed by atoms with Gasteiger partial charge in [-0.2, -0.15) is 0 Å². The third-order valence-electron chi connectivity index (χ3n) is 2.40. The van der Waals surface area contributed by atoms with Gasteiger partial charge in [-0.3, -0.25) is 4.79 Å². The Bertz CT molecular complexity index is 321. The van der Waals surface area contributed by atoms with Crippen LogP contribution in [0.15, 0.2) is 0 Å². The van der Waals surface area contributed by atoms with Crippen LogP contribution in [0.2, 0.25) is 0 Å². The molecule has 0 fully saturated rings. The van der Waals surface area contributed by atoms with E-state index in [1.165, 1.54) is 20.9 Å². The summed E-state index contributed by atoms with van der Waals surface area (Å²) in [4.78, 5) is 10.8. The van der Waals surface area contributed by atoms with Gasteiger partial charge in [0.25, 0.3) is 0 Å². The lowest BCUT2D eigenvalue weighted by Gasteiger charge is -2.26. The molecule has 0 radical (unpaired) electrons. The van der Waals surface area contributed by atoms with Crippen molar-refractivity contribution >= 4 is 16.0 Å². The second-order valence-electron chi connectivity index (χ2n) is 4.00. The zero-order chi connectivity index (χ0) is 12.3. The highest BCUT2D eigenvalue weighted by Gasteiger charge is 2.44. The van der Waals surface area contributed by atoms with Crippen LogP contribution in [-0.2, 0) is 14.8 Å². The van der Waals surface area contributed by atoms with E-state index in [2.05, 4.69) is 0 Å². The van der Waals surface area contributed by atoms with Crippen molar-refractivity contribution in [2.24, 2.45) is 0 Å². The molecule has 0 atom stereocenters. The van der Waals surface area contributed by atoms with Crippen LogP contribution in [0.4, 0.5) is 0 Å². The van der Waals surface area contributed by atoms with E-state index >= 15 is 0 Å². The average molecular weight is 237 g/mol. The number of hydrogen-bond donors (Lipinski definition) is 1. The van der Waals surface area contributed by atoms with Crippen molar-refractivity contribution in [1.82, 2.24) is 4.31 Å². The van der Waals surface area contributed by atoms with Crippen molar-refractivity contribution in [1.29, 1.82) is 0 Å². The first kappa shape index (κ1) is 14.4. The van der Waals surface area contributed by atoms with Crippen molar-refractivity contribution < 1.29 is 18.3 Å². The summed E-state index contributed by atoms with van der Waals surface area (Å²) < 4.78 is 23.0. The van der Waals surface area contributed by atoms with Gasteiger partial charge < -0.3 is 5.11 Å². The highest BCUT2D eigenvalue weighted by Crippen LogP contribution is 2.20. The zero-order valence-corrected chi connectivity index (χ0v) is 10.5. The molecule has 0 rings (SSSR count). The molecule has 6 heteroatoms. The maximum absolute atomic E-state index is 11.8. The third kappa shape index (κ3) is 2.92. The molecule has 0 unspecified atom stereocenters. The predicted molar refractivity (Wildman–Crippen MR) is 58.2 cm³/mol. The predicted octanol–water partition coefficient (Wildman–Crippen LogP) is 0.911. The van der Waals surface area contributed by atoms with E-state index in [1.807, 2.05) is 6.92 Å². The largest absolute Gasteiger partial charge is 0.480 e. The molecule has 0 spiro atoms. The summed E-state index contributed by atoms with van der Waals surface area (Å²) in [6.45, 7) is 4.71. The summed E-state index contributed by atoms with van der Waals surface area (Å²) in [5, 5.41) is 8.85. The zero-order valence-electron chi connectivity index (χ0n) is 9.65. The van der Waals surface area contributed by atoms with Gasteiger partial charge in [0.2, 0.25) is 10.0 Å². The van der Waals surface area contributed by atoms with Crippen molar-refractivity contribution in [3.8, 4) is 0 Å². The molecule has 0 aliphatic carbocycles. The summed E-state index contributed by atoms with van der Waals surface area (Å²) in [6.07, 6.45) is 1.60. The summed E-state index contributed by atoms with van der Waals surface area (Å²) in [7, 11) is -2.36. The second kappa shape index (κ2) is 4.94. The van der Waals surface area contributed by atoms with Gasteiger partial charge in [-0.1, -0.05) is 13.3 Å². The minimum Gasteiger partial charge on any atom is -0.480 e. The third-order valence-corrected chi connectivity index (χ3v) is 4.86. The van der Waals surface area contributed by atoms with Crippen LogP contribution in [0.25, 0.3) is 0 Å². The fraction of sp³-hybridized carbons (Fsp3) is 0.889. The first-order valence-corrected chi connectivity index (χ1v) is 6.31. The lowest BCUT2D eigenvalue weighted by molar-refractivity contribution is -0.139. The van der Waals surface area contributed by atoms with Crippen LogP contribution in [-0.4, -0.2) is 42.1 Å². The summed E-state index contributed by atoms with van der Waals surface area (Å²) in [6, 6.07) is 0. The molecule has 0 amide bonds. The number of rotatable bonds is 6.